The van der Waals surface area contributed by atoms with Gasteiger partial charge in [-0.2, -0.15) is 0 Å². The van der Waals surface area contributed by atoms with E-state index in [0.29, 0.717) is 17.7 Å². The van der Waals surface area contributed by atoms with Crippen molar-refractivity contribution in [1.29, 1.82) is 0 Å². The number of benzene rings is 4. The predicted molar refractivity (Wildman–Crippen MR) is 151 cm³/mol. The number of fused-ring (bicyclic) bond motifs is 2. The zero-order chi connectivity index (χ0) is 25.5. The highest BCUT2D eigenvalue weighted by Gasteiger charge is 2.17. The van der Waals surface area contributed by atoms with Crippen molar-refractivity contribution in [2.45, 2.75) is 41.9 Å². The molecule has 0 saturated heterocycles. The number of halogens is 1. The highest BCUT2D eigenvalue weighted by molar-refractivity contribution is 7.99. The first-order valence-electron chi connectivity index (χ1n) is 12.9. The molecule has 0 unspecified atom stereocenters. The molecular formula is C33H30FNOS. The van der Waals surface area contributed by atoms with Crippen molar-refractivity contribution in [2.75, 3.05) is 6.54 Å². The van der Waals surface area contributed by atoms with Gasteiger partial charge in [-0.3, -0.25) is 4.79 Å². The standard InChI is InChI=1S/C33H30FNOS/c34-30-18-8-6-16-28(30)27-15-5-4-14-25-23-26(20-21-31(25)37-32-19-9-7-17-29(27)32)33(36)35-22-10-13-24-11-2-1-3-12-24/h1-3,6-9,11-12,15-21,23H,4-5,10,13-14,22H2,(H,35,36)/b27-15-. The molecular weight excluding hydrogens is 477 g/mol. The number of aryl methyl sites for hydroxylation is 2. The van der Waals surface area contributed by atoms with Gasteiger partial charge in [0, 0.05) is 27.5 Å². The zero-order valence-corrected chi connectivity index (χ0v) is 21.6. The summed E-state index contributed by atoms with van der Waals surface area (Å²) in [5, 5.41) is 3.08. The minimum Gasteiger partial charge on any atom is -0.352 e. The first kappa shape index (κ1) is 25.0. The van der Waals surface area contributed by atoms with Crippen LogP contribution >= 0.6 is 11.8 Å². The van der Waals surface area contributed by atoms with Gasteiger partial charge >= 0.3 is 0 Å². The molecule has 1 amide bonds. The molecule has 0 bridgehead atoms. The Balaban J connectivity index is 1.34. The molecule has 2 nitrogen and oxygen atoms in total. The van der Waals surface area contributed by atoms with Crippen molar-refractivity contribution in [2.24, 2.45) is 0 Å². The molecule has 1 aliphatic rings. The summed E-state index contributed by atoms with van der Waals surface area (Å²) in [6, 6.07) is 31.5. The van der Waals surface area contributed by atoms with Gasteiger partial charge in [0.15, 0.2) is 0 Å². The van der Waals surface area contributed by atoms with Gasteiger partial charge in [-0.25, -0.2) is 4.39 Å². The number of hydrogen-bond donors (Lipinski definition) is 1. The van der Waals surface area contributed by atoms with E-state index >= 15 is 0 Å². The maximum Gasteiger partial charge on any atom is 0.251 e. The van der Waals surface area contributed by atoms with Gasteiger partial charge in [-0.1, -0.05) is 84.6 Å². The van der Waals surface area contributed by atoms with E-state index in [2.05, 4.69) is 41.7 Å². The predicted octanol–water partition coefficient (Wildman–Crippen LogP) is 8.11. The summed E-state index contributed by atoms with van der Waals surface area (Å²) >= 11 is 1.69. The fourth-order valence-corrected chi connectivity index (χ4v) is 5.84. The van der Waals surface area contributed by atoms with Crippen molar-refractivity contribution in [3.8, 4) is 0 Å². The summed E-state index contributed by atoms with van der Waals surface area (Å²) in [5.41, 5.74) is 5.78. The van der Waals surface area contributed by atoms with Crippen LogP contribution in [-0.2, 0) is 12.8 Å². The van der Waals surface area contributed by atoms with Crippen LogP contribution in [0.2, 0.25) is 0 Å². The quantitative estimate of drug-likeness (QED) is 0.267. The second-order valence-electron chi connectivity index (χ2n) is 9.26. The average Bonchev–Trinajstić information content (AvgIpc) is 2.93. The van der Waals surface area contributed by atoms with Gasteiger partial charge in [-0.15, -0.1) is 0 Å². The number of amides is 1. The molecule has 5 rings (SSSR count). The number of rotatable bonds is 6. The topological polar surface area (TPSA) is 29.1 Å². The van der Waals surface area contributed by atoms with Crippen molar-refractivity contribution < 1.29 is 9.18 Å². The van der Waals surface area contributed by atoms with E-state index in [1.807, 2.05) is 54.6 Å². The highest BCUT2D eigenvalue weighted by atomic mass is 32.2. The lowest BCUT2D eigenvalue weighted by Gasteiger charge is -2.18. The molecule has 1 N–H and O–H groups in total. The summed E-state index contributed by atoms with van der Waals surface area (Å²) in [6.45, 7) is 0.649. The molecule has 0 fully saturated rings. The smallest absolute Gasteiger partial charge is 0.251 e. The molecule has 37 heavy (non-hydrogen) atoms. The van der Waals surface area contributed by atoms with Crippen LogP contribution in [0.15, 0.2) is 113 Å². The first-order chi connectivity index (χ1) is 18.2. The number of carbonyl (C=O) groups excluding carboxylic acids is 1. The molecule has 0 aromatic heterocycles. The fourth-order valence-electron chi connectivity index (χ4n) is 4.74. The lowest BCUT2D eigenvalue weighted by atomic mass is 9.95. The molecule has 0 saturated carbocycles. The summed E-state index contributed by atoms with van der Waals surface area (Å²) in [7, 11) is 0. The van der Waals surface area contributed by atoms with Gasteiger partial charge in [-0.05, 0) is 84.7 Å². The monoisotopic (exact) mass is 507 g/mol. The maximum atomic E-state index is 14.8. The minimum absolute atomic E-state index is 0.0277. The third kappa shape index (κ3) is 6.20. The van der Waals surface area contributed by atoms with Gasteiger partial charge in [0.25, 0.3) is 5.91 Å². The zero-order valence-electron chi connectivity index (χ0n) is 20.8. The number of hydrogen-bond acceptors (Lipinski definition) is 2. The molecule has 4 aromatic carbocycles. The second kappa shape index (κ2) is 12.1. The van der Waals surface area contributed by atoms with Crippen LogP contribution < -0.4 is 5.32 Å². The molecule has 0 aliphatic carbocycles. The normalized spacial score (nSPS) is 14.6. The number of allylic oxidation sites excluding steroid dienone is 1. The van der Waals surface area contributed by atoms with Crippen molar-refractivity contribution in [3.05, 3.63) is 137 Å². The fraction of sp³-hybridized carbons (Fsp3) is 0.182. The molecule has 1 aliphatic heterocycles. The van der Waals surface area contributed by atoms with Gasteiger partial charge in [0.05, 0.1) is 0 Å². The average molecular weight is 508 g/mol. The van der Waals surface area contributed by atoms with E-state index < -0.39 is 0 Å². The Labute approximate surface area is 222 Å². The molecule has 1 heterocycles. The van der Waals surface area contributed by atoms with E-state index in [9.17, 15) is 9.18 Å². The summed E-state index contributed by atoms with van der Waals surface area (Å²) in [4.78, 5) is 15.1. The Bertz CT molecular complexity index is 1410. The first-order valence-corrected chi connectivity index (χ1v) is 13.7. The summed E-state index contributed by atoms with van der Waals surface area (Å²) in [5.74, 6) is -0.231. The maximum absolute atomic E-state index is 14.8. The van der Waals surface area contributed by atoms with E-state index in [4.69, 9.17) is 0 Å². The SMILES string of the molecule is O=C(NCCCc1ccccc1)c1ccc2c(c1)CCC/C=C(/c1ccccc1F)c1ccccc1S2. The second-order valence-corrected chi connectivity index (χ2v) is 10.3. The molecule has 4 aromatic rings. The van der Waals surface area contributed by atoms with E-state index in [1.54, 1.807) is 17.8 Å². The molecule has 0 spiro atoms. The lowest BCUT2D eigenvalue weighted by molar-refractivity contribution is 0.0953. The van der Waals surface area contributed by atoms with Crippen LogP contribution in [0.3, 0.4) is 0 Å². The van der Waals surface area contributed by atoms with Crippen LogP contribution in [0.4, 0.5) is 4.39 Å². The third-order valence-corrected chi connectivity index (χ3v) is 7.85. The summed E-state index contributed by atoms with van der Waals surface area (Å²) in [6.07, 6.45) is 6.63. The Morgan fingerprint density at radius 3 is 2.43 bits per heavy atom. The number of carbonyl (C=O) groups is 1. The number of nitrogens with one attached hydrogen (secondary N) is 1. The Hall–Kier alpha value is -3.63. The Kier molecular flexibility index (Phi) is 8.17. The highest BCUT2D eigenvalue weighted by Crippen LogP contribution is 2.39. The lowest BCUT2D eigenvalue weighted by Crippen LogP contribution is -2.25. The molecule has 0 radical (unpaired) electrons. The largest absolute Gasteiger partial charge is 0.352 e. The van der Waals surface area contributed by atoms with Crippen LogP contribution in [-0.4, -0.2) is 12.5 Å². The Morgan fingerprint density at radius 2 is 1.59 bits per heavy atom. The Morgan fingerprint density at radius 1 is 0.838 bits per heavy atom. The van der Waals surface area contributed by atoms with Crippen molar-refractivity contribution in [1.82, 2.24) is 5.32 Å². The van der Waals surface area contributed by atoms with Crippen molar-refractivity contribution in [3.63, 3.8) is 0 Å². The summed E-state index contributed by atoms with van der Waals surface area (Å²) < 4.78 is 14.8. The van der Waals surface area contributed by atoms with E-state index in [-0.39, 0.29) is 11.7 Å². The molecule has 186 valence electrons. The van der Waals surface area contributed by atoms with Gasteiger partial charge in [0.2, 0.25) is 0 Å². The third-order valence-electron chi connectivity index (χ3n) is 6.65. The molecule has 0 atom stereocenters. The van der Waals surface area contributed by atoms with Crippen LogP contribution in [0.25, 0.3) is 5.57 Å². The van der Waals surface area contributed by atoms with Crippen LogP contribution in [0, 0.1) is 5.82 Å². The minimum atomic E-state index is -0.203. The van der Waals surface area contributed by atoms with Crippen molar-refractivity contribution >= 4 is 23.2 Å². The van der Waals surface area contributed by atoms with Gasteiger partial charge in [0.1, 0.15) is 5.82 Å². The molecule has 4 heteroatoms. The van der Waals surface area contributed by atoms with E-state index in [1.165, 1.54) is 17.2 Å². The van der Waals surface area contributed by atoms with Gasteiger partial charge < -0.3 is 5.32 Å². The van der Waals surface area contributed by atoms with Crippen LogP contribution in [0.5, 0.6) is 0 Å². The van der Waals surface area contributed by atoms with Crippen LogP contribution in [0.1, 0.15) is 51.9 Å². The van der Waals surface area contributed by atoms with E-state index in [0.717, 1.165) is 53.0 Å².